The Hall–Kier alpha value is -1.55. The molecule has 0 bridgehead atoms. The van der Waals surface area contributed by atoms with E-state index < -0.39 is 5.60 Å². The molecule has 0 saturated heterocycles. The fourth-order valence-corrected chi connectivity index (χ4v) is 2.28. The lowest BCUT2D eigenvalue weighted by Crippen LogP contribution is -2.52. The highest BCUT2D eigenvalue weighted by atomic mass is 16.5. The third-order valence-corrected chi connectivity index (χ3v) is 3.96. The van der Waals surface area contributed by atoms with E-state index in [1.807, 2.05) is 26.0 Å². The zero-order chi connectivity index (χ0) is 13.9. The third-order valence-electron chi connectivity index (χ3n) is 3.96. The SMILES string of the molecule is CCC(C)(OC)C(=O)NC1CNc2ccccc2C1. The van der Waals surface area contributed by atoms with Crippen molar-refractivity contribution in [1.29, 1.82) is 0 Å². The van der Waals surface area contributed by atoms with E-state index in [4.69, 9.17) is 4.74 Å². The van der Waals surface area contributed by atoms with Crippen LogP contribution in [0.15, 0.2) is 24.3 Å². The molecular weight excluding hydrogens is 240 g/mol. The van der Waals surface area contributed by atoms with Gasteiger partial charge in [0, 0.05) is 19.3 Å². The minimum atomic E-state index is -0.739. The van der Waals surface area contributed by atoms with E-state index in [1.165, 1.54) is 5.56 Å². The van der Waals surface area contributed by atoms with E-state index in [9.17, 15) is 4.79 Å². The number of amides is 1. The molecule has 2 N–H and O–H groups in total. The highest BCUT2D eigenvalue weighted by Crippen LogP contribution is 2.22. The Balaban J connectivity index is 2.01. The zero-order valence-corrected chi connectivity index (χ0v) is 11.8. The molecule has 0 fully saturated rings. The quantitative estimate of drug-likeness (QED) is 0.872. The molecule has 2 unspecified atom stereocenters. The Morgan fingerprint density at radius 1 is 1.53 bits per heavy atom. The number of hydrogen-bond acceptors (Lipinski definition) is 3. The average Bonchev–Trinajstić information content (AvgIpc) is 2.46. The summed E-state index contributed by atoms with van der Waals surface area (Å²) in [6.45, 7) is 4.54. The highest BCUT2D eigenvalue weighted by molar-refractivity contribution is 5.85. The first kappa shape index (κ1) is 13.9. The van der Waals surface area contributed by atoms with Crippen molar-refractivity contribution in [2.75, 3.05) is 19.0 Å². The molecule has 1 aliphatic rings. The Kier molecular flexibility index (Phi) is 4.10. The van der Waals surface area contributed by atoms with Crippen LogP contribution in [0.1, 0.15) is 25.8 Å². The smallest absolute Gasteiger partial charge is 0.252 e. The van der Waals surface area contributed by atoms with Crippen LogP contribution < -0.4 is 10.6 Å². The molecule has 0 saturated carbocycles. The molecule has 4 nitrogen and oxygen atoms in total. The summed E-state index contributed by atoms with van der Waals surface area (Å²) in [5.41, 5.74) is 1.67. The van der Waals surface area contributed by atoms with Crippen molar-refractivity contribution >= 4 is 11.6 Å². The molecule has 2 atom stereocenters. The fourth-order valence-electron chi connectivity index (χ4n) is 2.28. The van der Waals surface area contributed by atoms with Crippen LogP contribution in [0.3, 0.4) is 0 Å². The molecule has 19 heavy (non-hydrogen) atoms. The Morgan fingerprint density at radius 2 is 2.26 bits per heavy atom. The van der Waals surface area contributed by atoms with Crippen molar-refractivity contribution in [3.8, 4) is 0 Å². The van der Waals surface area contributed by atoms with Gasteiger partial charge in [-0.1, -0.05) is 25.1 Å². The van der Waals surface area contributed by atoms with Crippen LogP contribution in [0.25, 0.3) is 0 Å². The van der Waals surface area contributed by atoms with Crippen molar-refractivity contribution in [3.63, 3.8) is 0 Å². The summed E-state index contributed by atoms with van der Waals surface area (Å²) in [6.07, 6.45) is 1.52. The van der Waals surface area contributed by atoms with Crippen LogP contribution in [0.5, 0.6) is 0 Å². The summed E-state index contributed by atoms with van der Waals surface area (Å²) in [4.78, 5) is 12.2. The molecular formula is C15H22N2O2. The zero-order valence-electron chi connectivity index (χ0n) is 11.8. The van der Waals surface area contributed by atoms with Crippen LogP contribution in [-0.2, 0) is 16.0 Å². The second-order valence-electron chi connectivity index (χ2n) is 5.20. The predicted octanol–water partition coefficient (Wildman–Crippen LogP) is 1.95. The number of anilines is 1. The van der Waals surface area contributed by atoms with Crippen molar-refractivity contribution in [2.45, 2.75) is 38.3 Å². The van der Waals surface area contributed by atoms with E-state index in [2.05, 4.69) is 22.8 Å². The van der Waals surface area contributed by atoms with Gasteiger partial charge in [0.25, 0.3) is 5.91 Å². The molecule has 0 aromatic heterocycles. The van der Waals surface area contributed by atoms with Gasteiger partial charge >= 0.3 is 0 Å². The van der Waals surface area contributed by atoms with Gasteiger partial charge in [-0.05, 0) is 31.4 Å². The summed E-state index contributed by atoms with van der Waals surface area (Å²) in [5, 5.41) is 6.43. The van der Waals surface area contributed by atoms with Gasteiger partial charge in [0.1, 0.15) is 5.60 Å². The van der Waals surface area contributed by atoms with E-state index in [0.29, 0.717) is 6.42 Å². The molecule has 4 heteroatoms. The number of ether oxygens (including phenoxy) is 1. The maximum Gasteiger partial charge on any atom is 0.252 e. The summed E-state index contributed by atoms with van der Waals surface area (Å²) >= 11 is 0. The van der Waals surface area contributed by atoms with Crippen molar-refractivity contribution in [1.82, 2.24) is 5.32 Å². The molecule has 2 rings (SSSR count). The van der Waals surface area contributed by atoms with Crippen LogP contribution >= 0.6 is 0 Å². The highest BCUT2D eigenvalue weighted by Gasteiger charge is 2.33. The first-order chi connectivity index (χ1) is 9.09. The number of fused-ring (bicyclic) bond motifs is 1. The fraction of sp³-hybridized carbons (Fsp3) is 0.533. The van der Waals surface area contributed by atoms with E-state index in [0.717, 1.165) is 18.7 Å². The Bertz CT molecular complexity index is 455. The Morgan fingerprint density at radius 3 is 2.95 bits per heavy atom. The van der Waals surface area contributed by atoms with Gasteiger partial charge in [0.2, 0.25) is 0 Å². The van der Waals surface area contributed by atoms with Gasteiger partial charge < -0.3 is 15.4 Å². The van der Waals surface area contributed by atoms with Crippen molar-refractivity contribution in [3.05, 3.63) is 29.8 Å². The minimum absolute atomic E-state index is 0.0383. The molecule has 1 heterocycles. The number of nitrogens with one attached hydrogen (secondary N) is 2. The minimum Gasteiger partial charge on any atom is -0.383 e. The van der Waals surface area contributed by atoms with Crippen LogP contribution in [0.2, 0.25) is 0 Å². The van der Waals surface area contributed by atoms with Gasteiger partial charge in [-0.3, -0.25) is 4.79 Å². The number of methoxy groups -OCH3 is 1. The van der Waals surface area contributed by atoms with Crippen molar-refractivity contribution < 1.29 is 9.53 Å². The summed E-state index contributed by atoms with van der Waals surface area (Å²) < 4.78 is 5.33. The van der Waals surface area contributed by atoms with E-state index >= 15 is 0 Å². The van der Waals surface area contributed by atoms with Gasteiger partial charge in [-0.25, -0.2) is 0 Å². The first-order valence-electron chi connectivity index (χ1n) is 6.77. The lowest BCUT2D eigenvalue weighted by molar-refractivity contribution is -0.142. The lowest BCUT2D eigenvalue weighted by atomic mass is 9.97. The number of para-hydroxylation sites is 1. The second-order valence-corrected chi connectivity index (χ2v) is 5.20. The van der Waals surface area contributed by atoms with Crippen LogP contribution in [0, 0.1) is 0 Å². The Labute approximate surface area is 114 Å². The molecule has 1 amide bonds. The maximum absolute atomic E-state index is 12.2. The maximum atomic E-state index is 12.2. The molecule has 0 aliphatic carbocycles. The topological polar surface area (TPSA) is 50.4 Å². The first-order valence-corrected chi connectivity index (χ1v) is 6.77. The third kappa shape index (κ3) is 2.89. The average molecular weight is 262 g/mol. The summed E-state index contributed by atoms with van der Waals surface area (Å²) in [6, 6.07) is 8.32. The predicted molar refractivity (Wildman–Crippen MR) is 76.3 cm³/mol. The normalized spacial score (nSPS) is 20.9. The summed E-state index contributed by atoms with van der Waals surface area (Å²) in [7, 11) is 1.58. The largest absolute Gasteiger partial charge is 0.383 e. The number of benzene rings is 1. The summed E-state index contributed by atoms with van der Waals surface area (Å²) in [5.74, 6) is -0.0383. The van der Waals surface area contributed by atoms with Gasteiger partial charge in [0.15, 0.2) is 0 Å². The molecule has 0 radical (unpaired) electrons. The van der Waals surface area contributed by atoms with Gasteiger partial charge in [-0.15, -0.1) is 0 Å². The molecule has 0 spiro atoms. The van der Waals surface area contributed by atoms with E-state index in [-0.39, 0.29) is 11.9 Å². The monoisotopic (exact) mass is 262 g/mol. The molecule has 1 aliphatic heterocycles. The number of carbonyl (C=O) groups is 1. The van der Waals surface area contributed by atoms with Gasteiger partial charge in [-0.2, -0.15) is 0 Å². The molecule has 104 valence electrons. The number of carbonyl (C=O) groups excluding carboxylic acids is 1. The van der Waals surface area contributed by atoms with Gasteiger partial charge in [0.05, 0.1) is 6.04 Å². The second kappa shape index (κ2) is 5.61. The molecule has 1 aromatic rings. The number of hydrogen-bond donors (Lipinski definition) is 2. The number of rotatable bonds is 4. The molecule has 1 aromatic carbocycles. The van der Waals surface area contributed by atoms with Crippen LogP contribution in [0.4, 0.5) is 5.69 Å². The van der Waals surface area contributed by atoms with Crippen LogP contribution in [-0.4, -0.2) is 31.2 Å². The van der Waals surface area contributed by atoms with Crippen molar-refractivity contribution in [2.24, 2.45) is 0 Å². The standard InChI is InChI=1S/C15H22N2O2/c1-4-15(2,19-3)14(18)17-12-9-11-7-5-6-8-13(11)16-10-12/h5-8,12,16H,4,9-10H2,1-3H3,(H,17,18). The van der Waals surface area contributed by atoms with E-state index in [1.54, 1.807) is 7.11 Å². The lowest BCUT2D eigenvalue weighted by Gasteiger charge is -2.31.